The van der Waals surface area contributed by atoms with Gasteiger partial charge >= 0.3 is 0 Å². The number of nitrogens with zero attached hydrogens (tertiary/aromatic N) is 2. The Morgan fingerprint density at radius 1 is 1.27 bits per heavy atom. The summed E-state index contributed by atoms with van der Waals surface area (Å²) in [7, 11) is 1.52. The number of hydrazone groups is 1. The van der Waals surface area contributed by atoms with Crippen LogP contribution < -0.4 is 9.75 Å². The smallest absolute Gasteiger partial charge is 0.172 e. The molecule has 0 bridgehead atoms. The van der Waals surface area contributed by atoms with Crippen molar-refractivity contribution in [3.63, 3.8) is 0 Å². The fraction of sp³-hybridized carbons (Fsp3) is 0.235. The summed E-state index contributed by atoms with van der Waals surface area (Å²) in [5.41, 5.74) is 3.09. The van der Waals surface area contributed by atoms with Crippen LogP contribution in [0.1, 0.15) is 18.1 Å². The molecule has 0 aliphatic carbocycles. The van der Waals surface area contributed by atoms with E-state index >= 15 is 0 Å². The van der Waals surface area contributed by atoms with Crippen LogP contribution in [0.4, 0.5) is 5.69 Å². The summed E-state index contributed by atoms with van der Waals surface area (Å²) in [6.07, 6.45) is 1.75. The summed E-state index contributed by atoms with van der Waals surface area (Å²) in [6, 6.07) is 11.8. The average Bonchev–Trinajstić information content (AvgIpc) is 2.52. The van der Waals surface area contributed by atoms with Gasteiger partial charge in [0, 0.05) is 6.54 Å². The molecule has 1 N–H and O–H groups in total. The molecule has 0 aromatic heterocycles. The van der Waals surface area contributed by atoms with Crippen molar-refractivity contribution >= 4 is 27.8 Å². The van der Waals surface area contributed by atoms with Crippen LogP contribution in [0.25, 0.3) is 0 Å². The second-order valence-electron chi connectivity index (χ2n) is 4.85. The Morgan fingerprint density at radius 2 is 1.95 bits per heavy atom. The second kappa shape index (κ2) is 7.31. The molecule has 0 saturated carbocycles. The molecule has 0 spiro atoms. The van der Waals surface area contributed by atoms with Crippen LogP contribution in [0.15, 0.2) is 46.0 Å². The Labute approximate surface area is 139 Å². The molecule has 0 amide bonds. The van der Waals surface area contributed by atoms with Crippen LogP contribution in [-0.2, 0) is 0 Å². The number of phenolic OH excluding ortho intramolecular Hbond substituents is 1. The van der Waals surface area contributed by atoms with Gasteiger partial charge in [-0.2, -0.15) is 5.10 Å². The lowest BCUT2D eigenvalue weighted by Gasteiger charge is -2.17. The van der Waals surface area contributed by atoms with E-state index in [0.29, 0.717) is 10.2 Å². The van der Waals surface area contributed by atoms with Gasteiger partial charge in [-0.3, -0.25) is 5.01 Å². The van der Waals surface area contributed by atoms with Crippen LogP contribution >= 0.6 is 15.9 Å². The SMILES string of the molecule is CCN(/N=C/c1cc(Br)c(O)c(OC)c1)c1ccc(C)cc1. The number of halogens is 1. The van der Waals surface area contributed by atoms with Gasteiger partial charge in [0.25, 0.3) is 0 Å². The van der Waals surface area contributed by atoms with Crippen LogP contribution in [0.2, 0.25) is 0 Å². The number of hydrogen-bond acceptors (Lipinski definition) is 4. The van der Waals surface area contributed by atoms with Crippen LogP contribution in [0, 0.1) is 6.92 Å². The van der Waals surface area contributed by atoms with Gasteiger partial charge in [-0.25, -0.2) is 0 Å². The Hall–Kier alpha value is -2.01. The van der Waals surface area contributed by atoms with Crippen molar-refractivity contribution in [2.75, 3.05) is 18.7 Å². The van der Waals surface area contributed by atoms with Gasteiger partial charge in [0.1, 0.15) is 0 Å². The van der Waals surface area contributed by atoms with Gasteiger partial charge in [0.05, 0.1) is 23.5 Å². The molecule has 2 rings (SSSR count). The van der Waals surface area contributed by atoms with E-state index in [4.69, 9.17) is 4.74 Å². The Balaban J connectivity index is 2.25. The summed E-state index contributed by atoms with van der Waals surface area (Å²) in [4.78, 5) is 0. The molecule has 0 heterocycles. The number of anilines is 1. The molecule has 116 valence electrons. The largest absolute Gasteiger partial charge is 0.503 e. The molecule has 0 unspecified atom stereocenters. The predicted octanol–water partition coefficient (Wildman–Crippen LogP) is 4.33. The Morgan fingerprint density at radius 3 is 2.55 bits per heavy atom. The molecule has 4 nitrogen and oxygen atoms in total. The third-order valence-corrected chi connectivity index (χ3v) is 3.85. The zero-order valence-corrected chi connectivity index (χ0v) is 14.5. The second-order valence-corrected chi connectivity index (χ2v) is 5.70. The summed E-state index contributed by atoms with van der Waals surface area (Å²) in [5, 5.41) is 16.2. The number of ether oxygens (including phenoxy) is 1. The predicted molar refractivity (Wildman–Crippen MR) is 94.2 cm³/mol. The van der Waals surface area contributed by atoms with Crippen LogP contribution in [0.5, 0.6) is 11.5 Å². The van der Waals surface area contributed by atoms with Gasteiger partial charge in [0.2, 0.25) is 0 Å². The normalized spacial score (nSPS) is 10.9. The number of aromatic hydroxyl groups is 1. The molecule has 0 atom stereocenters. The lowest BCUT2D eigenvalue weighted by molar-refractivity contribution is 0.372. The maximum Gasteiger partial charge on any atom is 0.172 e. The third kappa shape index (κ3) is 3.80. The van der Waals surface area contributed by atoms with Crippen LogP contribution in [-0.4, -0.2) is 25.0 Å². The minimum absolute atomic E-state index is 0.0885. The topological polar surface area (TPSA) is 45.1 Å². The van der Waals surface area contributed by atoms with E-state index in [9.17, 15) is 5.11 Å². The minimum atomic E-state index is 0.0885. The lowest BCUT2D eigenvalue weighted by atomic mass is 10.2. The Bertz CT molecular complexity index is 669. The van der Waals surface area contributed by atoms with Gasteiger partial charge in [-0.1, -0.05) is 17.7 Å². The molecule has 0 radical (unpaired) electrons. The highest BCUT2D eigenvalue weighted by molar-refractivity contribution is 9.10. The van der Waals surface area contributed by atoms with E-state index in [1.807, 2.05) is 24.1 Å². The molecule has 5 heteroatoms. The standard InChI is InChI=1S/C17H19BrN2O2/c1-4-20(14-7-5-12(2)6-8-14)19-11-13-9-15(18)17(21)16(10-13)22-3/h5-11,21H,4H2,1-3H3/b19-11+. The highest BCUT2D eigenvalue weighted by Crippen LogP contribution is 2.34. The average molecular weight is 363 g/mol. The molecule has 0 aliphatic rings. The lowest BCUT2D eigenvalue weighted by Crippen LogP contribution is -2.15. The molecule has 0 fully saturated rings. The summed E-state index contributed by atoms with van der Waals surface area (Å²) < 4.78 is 5.72. The van der Waals surface area contributed by atoms with Gasteiger partial charge in [-0.05, 0) is 59.6 Å². The van der Waals surface area contributed by atoms with Crippen molar-refractivity contribution in [3.05, 3.63) is 52.0 Å². The molecule has 22 heavy (non-hydrogen) atoms. The fourth-order valence-corrected chi connectivity index (χ4v) is 2.47. The Kier molecular flexibility index (Phi) is 5.44. The first-order valence-corrected chi connectivity index (χ1v) is 7.79. The first-order chi connectivity index (χ1) is 10.5. The monoisotopic (exact) mass is 362 g/mol. The third-order valence-electron chi connectivity index (χ3n) is 3.25. The summed E-state index contributed by atoms with van der Waals surface area (Å²) in [5.74, 6) is 0.500. The minimum Gasteiger partial charge on any atom is -0.503 e. The maximum atomic E-state index is 9.82. The molecular formula is C17H19BrN2O2. The van der Waals surface area contributed by atoms with Gasteiger partial charge in [-0.15, -0.1) is 0 Å². The van der Waals surface area contributed by atoms with E-state index in [2.05, 4.69) is 40.1 Å². The molecule has 2 aromatic rings. The van der Waals surface area contributed by atoms with Crippen LogP contribution in [0.3, 0.4) is 0 Å². The van der Waals surface area contributed by atoms with E-state index in [1.165, 1.54) is 12.7 Å². The first-order valence-electron chi connectivity index (χ1n) is 6.99. The summed E-state index contributed by atoms with van der Waals surface area (Å²) >= 11 is 3.31. The zero-order chi connectivity index (χ0) is 16.1. The highest BCUT2D eigenvalue weighted by atomic mass is 79.9. The van der Waals surface area contributed by atoms with Gasteiger partial charge < -0.3 is 9.84 Å². The van der Waals surface area contributed by atoms with Crippen molar-refractivity contribution in [1.82, 2.24) is 0 Å². The van der Waals surface area contributed by atoms with Gasteiger partial charge in [0.15, 0.2) is 11.5 Å². The van der Waals surface area contributed by atoms with Crippen molar-refractivity contribution < 1.29 is 9.84 Å². The maximum absolute atomic E-state index is 9.82. The zero-order valence-electron chi connectivity index (χ0n) is 12.9. The first kappa shape index (κ1) is 16.4. The number of benzene rings is 2. The number of hydrogen-bond donors (Lipinski definition) is 1. The number of phenols is 1. The summed E-state index contributed by atoms with van der Waals surface area (Å²) in [6.45, 7) is 4.87. The van der Waals surface area contributed by atoms with E-state index < -0.39 is 0 Å². The molecule has 2 aromatic carbocycles. The quantitative estimate of drug-likeness (QED) is 0.635. The van der Waals surface area contributed by atoms with Crippen molar-refractivity contribution in [2.45, 2.75) is 13.8 Å². The van der Waals surface area contributed by atoms with Crippen molar-refractivity contribution in [3.8, 4) is 11.5 Å². The van der Waals surface area contributed by atoms with Crippen molar-refractivity contribution in [2.24, 2.45) is 5.10 Å². The van der Waals surface area contributed by atoms with Crippen molar-refractivity contribution in [1.29, 1.82) is 0 Å². The van der Waals surface area contributed by atoms with E-state index in [1.54, 1.807) is 18.3 Å². The van der Waals surface area contributed by atoms with E-state index in [0.717, 1.165) is 17.8 Å². The molecular weight excluding hydrogens is 344 g/mol. The highest BCUT2D eigenvalue weighted by Gasteiger charge is 2.08. The fourth-order valence-electron chi connectivity index (χ4n) is 2.01. The molecule has 0 aliphatic heterocycles. The van der Waals surface area contributed by atoms with E-state index in [-0.39, 0.29) is 5.75 Å². The number of aryl methyl sites for hydroxylation is 1. The number of methoxy groups -OCH3 is 1. The molecule has 0 saturated heterocycles. The number of rotatable bonds is 5.